The topological polar surface area (TPSA) is 82.2 Å². The number of nitrogens with one attached hydrogen (secondary N) is 1. The molecule has 7 nitrogen and oxygen atoms in total. The van der Waals surface area contributed by atoms with Crippen LogP contribution in [0.3, 0.4) is 0 Å². The third kappa shape index (κ3) is 2.87. The lowest BCUT2D eigenvalue weighted by atomic mass is 10.1. The molecular weight excluding hydrogens is 364 g/mol. The summed E-state index contributed by atoms with van der Waals surface area (Å²) in [6, 6.07) is 14.2. The Morgan fingerprint density at radius 1 is 1.26 bits per heavy atom. The number of nitrogens with zero attached hydrogens (tertiary/aromatic N) is 3. The lowest BCUT2D eigenvalue weighted by Crippen LogP contribution is -2.06. The molecule has 0 radical (unpaired) electrons. The minimum atomic E-state index is -0.247. The molecule has 3 heterocycles. The maximum absolute atomic E-state index is 11.8. The van der Waals surface area contributed by atoms with Gasteiger partial charge in [-0.05, 0) is 29.3 Å². The summed E-state index contributed by atoms with van der Waals surface area (Å²) in [5.41, 5.74) is 3.12. The molecule has 0 saturated heterocycles. The monoisotopic (exact) mass is 380 g/mol. The van der Waals surface area contributed by atoms with E-state index in [1.54, 1.807) is 11.6 Å². The number of hydrogen-bond acceptors (Lipinski definition) is 7. The van der Waals surface area contributed by atoms with E-state index >= 15 is 0 Å². The van der Waals surface area contributed by atoms with Gasteiger partial charge in [-0.1, -0.05) is 40.7 Å². The van der Waals surface area contributed by atoms with Gasteiger partial charge < -0.3 is 19.0 Å². The lowest BCUT2D eigenvalue weighted by Gasteiger charge is -2.05. The summed E-state index contributed by atoms with van der Waals surface area (Å²) < 4.78 is 14.2. The van der Waals surface area contributed by atoms with E-state index < -0.39 is 0 Å². The first-order chi connectivity index (χ1) is 13.2. The van der Waals surface area contributed by atoms with Crippen LogP contribution in [0.1, 0.15) is 23.1 Å². The van der Waals surface area contributed by atoms with E-state index in [1.165, 1.54) is 11.3 Å². The molecule has 1 aliphatic heterocycles. The maximum Gasteiger partial charge on any atom is 0.315 e. The minimum absolute atomic E-state index is 0.0363. The van der Waals surface area contributed by atoms with E-state index in [0.29, 0.717) is 18.5 Å². The molecule has 136 valence electrons. The fourth-order valence-corrected chi connectivity index (χ4v) is 4.17. The molecule has 2 aromatic carbocycles. The molecule has 2 aromatic heterocycles. The number of aromatic nitrogens is 3. The van der Waals surface area contributed by atoms with Gasteiger partial charge >= 0.3 is 10.9 Å². The first-order valence-electron chi connectivity index (χ1n) is 8.58. The van der Waals surface area contributed by atoms with Crippen molar-refractivity contribution >= 4 is 27.6 Å². The van der Waals surface area contributed by atoms with E-state index in [2.05, 4.69) is 15.5 Å². The molecule has 0 unspecified atom stereocenters. The molecule has 0 fully saturated rings. The number of anilines is 1. The van der Waals surface area contributed by atoms with Crippen LogP contribution in [0.15, 0.2) is 51.7 Å². The predicted octanol–water partition coefficient (Wildman–Crippen LogP) is 3.27. The summed E-state index contributed by atoms with van der Waals surface area (Å²) in [5.74, 6) is 1.33. The van der Waals surface area contributed by atoms with Gasteiger partial charge in [0.25, 0.3) is 5.89 Å². The Morgan fingerprint density at radius 3 is 3.04 bits per heavy atom. The van der Waals surface area contributed by atoms with Crippen molar-refractivity contribution in [2.24, 2.45) is 7.05 Å². The molecule has 1 aliphatic rings. The van der Waals surface area contributed by atoms with Gasteiger partial charge in [0.15, 0.2) is 6.10 Å². The summed E-state index contributed by atoms with van der Waals surface area (Å²) in [6.45, 7) is 0.527. The molecule has 0 saturated carbocycles. The average molecular weight is 380 g/mol. The molecule has 0 amide bonds. The Bertz CT molecular complexity index is 1170. The number of benzene rings is 2. The van der Waals surface area contributed by atoms with Gasteiger partial charge in [0.2, 0.25) is 0 Å². The zero-order valence-corrected chi connectivity index (χ0v) is 15.3. The number of rotatable bonds is 4. The second-order valence-electron chi connectivity index (χ2n) is 6.45. The Labute approximate surface area is 158 Å². The average Bonchev–Trinajstić information content (AvgIpc) is 3.38. The number of ether oxygens (including phenoxy) is 1. The van der Waals surface area contributed by atoms with Crippen LogP contribution >= 0.6 is 11.3 Å². The zero-order valence-electron chi connectivity index (χ0n) is 14.5. The van der Waals surface area contributed by atoms with E-state index in [0.717, 1.165) is 33.5 Å². The van der Waals surface area contributed by atoms with Crippen LogP contribution in [0.25, 0.3) is 10.2 Å². The van der Waals surface area contributed by atoms with Crippen LogP contribution in [-0.4, -0.2) is 14.8 Å². The van der Waals surface area contributed by atoms with Crippen LogP contribution in [0, 0.1) is 0 Å². The number of fused-ring (bicyclic) bond motifs is 2. The predicted molar refractivity (Wildman–Crippen MR) is 102 cm³/mol. The van der Waals surface area contributed by atoms with Crippen molar-refractivity contribution in [1.29, 1.82) is 0 Å². The summed E-state index contributed by atoms with van der Waals surface area (Å²) in [7, 11) is 1.78. The van der Waals surface area contributed by atoms with Crippen LogP contribution in [0.5, 0.6) is 5.75 Å². The van der Waals surface area contributed by atoms with Gasteiger partial charge in [-0.2, -0.15) is 0 Å². The highest BCUT2D eigenvalue weighted by Crippen LogP contribution is 2.36. The quantitative estimate of drug-likeness (QED) is 0.585. The number of para-hydroxylation sites is 1. The standard InChI is InChI=1S/C19H16N4O3S/c1-23-13-7-6-11(8-16(13)27-19(23)24)10-20-18-22-21-17(26-18)15-9-12-4-2-3-5-14(12)25-15/h2-8,15H,9-10H2,1H3,(H,20,22)/t15-/m1/s1. The van der Waals surface area contributed by atoms with Crippen molar-refractivity contribution in [3.05, 3.63) is 69.1 Å². The van der Waals surface area contributed by atoms with Crippen molar-refractivity contribution in [1.82, 2.24) is 14.8 Å². The molecule has 1 atom stereocenters. The number of hydrogen-bond donors (Lipinski definition) is 1. The van der Waals surface area contributed by atoms with Gasteiger partial charge in [-0.15, -0.1) is 5.10 Å². The van der Waals surface area contributed by atoms with Gasteiger partial charge in [0.05, 0.1) is 10.2 Å². The van der Waals surface area contributed by atoms with Crippen LogP contribution in [0.4, 0.5) is 6.01 Å². The molecule has 8 heteroatoms. The highest BCUT2D eigenvalue weighted by Gasteiger charge is 2.28. The molecular formula is C19H16N4O3S. The smallest absolute Gasteiger partial charge is 0.315 e. The fraction of sp³-hybridized carbons (Fsp3) is 0.211. The molecule has 4 aromatic rings. The third-order valence-electron chi connectivity index (χ3n) is 4.66. The second kappa shape index (κ2) is 6.24. The zero-order chi connectivity index (χ0) is 18.4. The summed E-state index contributed by atoms with van der Waals surface area (Å²) in [4.78, 5) is 11.8. The highest BCUT2D eigenvalue weighted by molar-refractivity contribution is 7.16. The van der Waals surface area contributed by atoms with Crippen molar-refractivity contribution < 1.29 is 9.15 Å². The van der Waals surface area contributed by atoms with Crippen molar-refractivity contribution in [2.75, 3.05) is 5.32 Å². The first-order valence-corrected chi connectivity index (χ1v) is 9.39. The van der Waals surface area contributed by atoms with Crippen molar-refractivity contribution in [3.8, 4) is 5.75 Å². The van der Waals surface area contributed by atoms with E-state index in [9.17, 15) is 4.79 Å². The summed E-state index contributed by atoms with van der Waals surface area (Å²) in [6.07, 6.45) is 0.477. The Hall–Kier alpha value is -3.13. The normalized spacial score (nSPS) is 15.7. The molecule has 1 N–H and O–H groups in total. The SMILES string of the molecule is Cn1c(=O)sc2cc(CNc3nnc([C@H]4Cc5ccccc5O4)o3)ccc21. The van der Waals surface area contributed by atoms with Crippen molar-refractivity contribution in [2.45, 2.75) is 19.1 Å². The van der Waals surface area contributed by atoms with Gasteiger partial charge in [-0.3, -0.25) is 4.79 Å². The third-order valence-corrected chi connectivity index (χ3v) is 5.66. The Morgan fingerprint density at radius 2 is 2.15 bits per heavy atom. The Kier molecular flexibility index (Phi) is 3.71. The molecule has 0 aliphatic carbocycles. The second-order valence-corrected chi connectivity index (χ2v) is 7.44. The largest absolute Gasteiger partial charge is 0.480 e. The Balaban J connectivity index is 1.28. The van der Waals surface area contributed by atoms with Crippen LogP contribution in [0.2, 0.25) is 0 Å². The molecule has 5 rings (SSSR count). The van der Waals surface area contributed by atoms with E-state index in [4.69, 9.17) is 9.15 Å². The number of thiazole rings is 1. The number of aryl methyl sites for hydroxylation is 1. The van der Waals surface area contributed by atoms with Gasteiger partial charge in [-0.25, -0.2) is 0 Å². The fourth-order valence-electron chi connectivity index (χ4n) is 3.22. The maximum atomic E-state index is 11.8. The molecule has 0 bridgehead atoms. The van der Waals surface area contributed by atoms with Crippen molar-refractivity contribution in [3.63, 3.8) is 0 Å². The summed E-state index contributed by atoms with van der Waals surface area (Å²) in [5, 5.41) is 11.3. The van der Waals surface area contributed by atoms with E-state index in [-0.39, 0.29) is 11.0 Å². The molecule has 27 heavy (non-hydrogen) atoms. The van der Waals surface area contributed by atoms with Crippen LogP contribution < -0.4 is 14.9 Å². The minimum Gasteiger partial charge on any atom is -0.480 e. The van der Waals surface area contributed by atoms with Gasteiger partial charge in [0.1, 0.15) is 5.75 Å². The van der Waals surface area contributed by atoms with Gasteiger partial charge in [0, 0.05) is 20.0 Å². The highest BCUT2D eigenvalue weighted by atomic mass is 32.1. The summed E-state index contributed by atoms with van der Waals surface area (Å²) >= 11 is 1.24. The van der Waals surface area contributed by atoms with Crippen LogP contribution in [-0.2, 0) is 20.0 Å². The lowest BCUT2D eigenvalue weighted by molar-refractivity contribution is 0.199. The van der Waals surface area contributed by atoms with E-state index in [1.807, 2.05) is 42.5 Å². The first kappa shape index (κ1) is 16.1. The molecule has 0 spiro atoms.